The van der Waals surface area contributed by atoms with Crippen LogP contribution in [0.3, 0.4) is 0 Å². The molecule has 0 amide bonds. The minimum atomic E-state index is -3.83. The predicted molar refractivity (Wildman–Crippen MR) is 81.3 cm³/mol. The summed E-state index contributed by atoms with van der Waals surface area (Å²) in [6.07, 6.45) is 1.11. The molecule has 0 atom stereocenters. The van der Waals surface area contributed by atoms with Gasteiger partial charge in [-0.3, -0.25) is 0 Å². The van der Waals surface area contributed by atoms with Crippen LogP contribution in [0.4, 0.5) is 4.39 Å². The van der Waals surface area contributed by atoms with Gasteiger partial charge in [0.05, 0.1) is 5.02 Å². The summed E-state index contributed by atoms with van der Waals surface area (Å²) in [5.74, 6) is -0.583. The number of nitrogens with two attached hydrogens (primary N) is 1. The maximum Gasteiger partial charge on any atom is 0.242 e. The zero-order chi connectivity index (χ0) is 14.7. The first kappa shape index (κ1) is 19.6. The fraction of sp³-hybridized carbons (Fsp3) is 0.500. The van der Waals surface area contributed by atoms with Gasteiger partial charge >= 0.3 is 0 Å². The minimum Gasteiger partial charge on any atom is -0.329 e. The number of halogens is 3. The topological polar surface area (TPSA) is 72.2 Å². The zero-order valence-corrected chi connectivity index (χ0v) is 13.7. The first-order chi connectivity index (χ1) is 8.80. The van der Waals surface area contributed by atoms with Gasteiger partial charge in [0.2, 0.25) is 10.0 Å². The standard InChI is InChI=1S/C12H18ClFN2O2S.ClH/c1-3-12(4-2,8-15)16-19(17,18)11-6-5-9(14)7-10(11)13;/h5-7,16H,3-4,8,15H2,1-2H3;1H. The molecule has 1 rings (SSSR count). The molecule has 3 N–H and O–H groups in total. The van der Waals surface area contributed by atoms with E-state index >= 15 is 0 Å². The lowest BCUT2D eigenvalue weighted by molar-refractivity contribution is 0.363. The third-order valence-corrected chi connectivity index (χ3v) is 5.34. The molecule has 0 radical (unpaired) electrons. The van der Waals surface area contributed by atoms with Gasteiger partial charge in [0.25, 0.3) is 0 Å². The van der Waals surface area contributed by atoms with E-state index in [4.69, 9.17) is 17.3 Å². The van der Waals surface area contributed by atoms with Gasteiger partial charge in [-0.2, -0.15) is 0 Å². The van der Waals surface area contributed by atoms with Crippen molar-refractivity contribution in [3.63, 3.8) is 0 Å². The van der Waals surface area contributed by atoms with Crippen molar-refractivity contribution in [1.29, 1.82) is 0 Å². The normalized spacial score (nSPS) is 12.1. The number of nitrogens with one attached hydrogen (secondary N) is 1. The Balaban J connectivity index is 0.00000361. The van der Waals surface area contributed by atoms with Crippen LogP contribution >= 0.6 is 24.0 Å². The van der Waals surface area contributed by atoms with Crippen molar-refractivity contribution in [3.8, 4) is 0 Å². The maximum atomic E-state index is 13.0. The van der Waals surface area contributed by atoms with Crippen LogP contribution in [0, 0.1) is 5.82 Å². The number of benzene rings is 1. The summed E-state index contributed by atoms with van der Waals surface area (Å²) >= 11 is 5.78. The molecule has 0 saturated carbocycles. The van der Waals surface area contributed by atoms with Gasteiger partial charge in [-0.05, 0) is 31.0 Å². The molecule has 0 saturated heterocycles. The fourth-order valence-electron chi connectivity index (χ4n) is 1.76. The van der Waals surface area contributed by atoms with Crippen molar-refractivity contribution in [1.82, 2.24) is 4.72 Å². The quantitative estimate of drug-likeness (QED) is 0.833. The van der Waals surface area contributed by atoms with Gasteiger partial charge in [-0.15, -0.1) is 12.4 Å². The van der Waals surface area contributed by atoms with Crippen LogP contribution in [-0.2, 0) is 10.0 Å². The largest absolute Gasteiger partial charge is 0.329 e. The number of hydrogen-bond donors (Lipinski definition) is 2. The van der Waals surface area contributed by atoms with Crippen molar-refractivity contribution >= 4 is 34.0 Å². The van der Waals surface area contributed by atoms with Gasteiger partial charge in [-0.25, -0.2) is 17.5 Å². The van der Waals surface area contributed by atoms with Crippen molar-refractivity contribution in [2.75, 3.05) is 6.54 Å². The molecule has 8 heteroatoms. The van der Waals surface area contributed by atoms with Crippen LogP contribution in [0.1, 0.15) is 26.7 Å². The Morgan fingerprint density at radius 2 is 1.90 bits per heavy atom. The summed E-state index contributed by atoms with van der Waals surface area (Å²) in [5, 5.41) is -0.148. The van der Waals surface area contributed by atoms with Gasteiger partial charge in [0.1, 0.15) is 10.7 Å². The molecule has 0 aromatic heterocycles. The Kier molecular flexibility index (Phi) is 7.41. The lowest BCUT2D eigenvalue weighted by atomic mass is 9.95. The van der Waals surface area contributed by atoms with E-state index in [0.29, 0.717) is 12.8 Å². The molecule has 0 bridgehead atoms. The van der Waals surface area contributed by atoms with Crippen LogP contribution in [0.25, 0.3) is 0 Å². The first-order valence-electron chi connectivity index (χ1n) is 5.99. The number of rotatable bonds is 6. The highest BCUT2D eigenvalue weighted by atomic mass is 35.5. The van der Waals surface area contributed by atoms with Gasteiger partial charge in [0.15, 0.2) is 0 Å². The van der Waals surface area contributed by atoms with E-state index in [2.05, 4.69) is 4.72 Å². The molecule has 0 unspecified atom stereocenters. The van der Waals surface area contributed by atoms with Gasteiger partial charge in [-0.1, -0.05) is 25.4 Å². The first-order valence-corrected chi connectivity index (χ1v) is 7.85. The van der Waals surface area contributed by atoms with E-state index in [1.807, 2.05) is 13.8 Å². The van der Waals surface area contributed by atoms with Crippen LogP contribution in [-0.4, -0.2) is 20.5 Å². The maximum absolute atomic E-state index is 13.0. The minimum absolute atomic E-state index is 0. The Labute approximate surface area is 130 Å². The van der Waals surface area contributed by atoms with Crippen molar-refractivity contribution in [2.45, 2.75) is 37.1 Å². The Morgan fingerprint density at radius 1 is 1.35 bits per heavy atom. The number of sulfonamides is 1. The third kappa shape index (κ3) is 4.30. The van der Waals surface area contributed by atoms with E-state index < -0.39 is 21.4 Å². The second-order valence-corrected chi connectivity index (χ2v) is 6.43. The van der Waals surface area contributed by atoms with E-state index in [0.717, 1.165) is 18.2 Å². The van der Waals surface area contributed by atoms with Gasteiger partial charge in [0, 0.05) is 12.1 Å². The highest BCUT2D eigenvalue weighted by Gasteiger charge is 2.31. The molecule has 1 aromatic rings. The molecule has 0 fully saturated rings. The Hall–Kier alpha value is -0.400. The van der Waals surface area contributed by atoms with Crippen LogP contribution in [0.5, 0.6) is 0 Å². The summed E-state index contributed by atoms with van der Waals surface area (Å²) in [6.45, 7) is 3.88. The molecule has 0 spiro atoms. The molecular weight excluding hydrogens is 326 g/mol. The van der Waals surface area contributed by atoms with Crippen molar-refractivity contribution in [2.24, 2.45) is 5.73 Å². The van der Waals surface area contributed by atoms with E-state index in [1.54, 1.807) is 0 Å². The van der Waals surface area contributed by atoms with Crippen LogP contribution < -0.4 is 10.5 Å². The molecule has 116 valence electrons. The van der Waals surface area contributed by atoms with Gasteiger partial charge < -0.3 is 5.73 Å². The second-order valence-electron chi connectivity index (χ2n) is 4.37. The average Bonchev–Trinajstić information content (AvgIpc) is 2.35. The molecular formula is C12H19Cl2FN2O2S. The molecule has 1 aromatic carbocycles. The monoisotopic (exact) mass is 344 g/mol. The number of hydrogen-bond acceptors (Lipinski definition) is 3. The average molecular weight is 345 g/mol. The highest BCUT2D eigenvalue weighted by Crippen LogP contribution is 2.25. The zero-order valence-electron chi connectivity index (χ0n) is 11.3. The Morgan fingerprint density at radius 3 is 2.30 bits per heavy atom. The SMILES string of the molecule is CCC(CC)(CN)NS(=O)(=O)c1ccc(F)cc1Cl.Cl. The van der Waals surface area contributed by atoms with E-state index in [1.165, 1.54) is 0 Å². The van der Waals surface area contributed by atoms with Crippen molar-refractivity contribution < 1.29 is 12.8 Å². The second kappa shape index (κ2) is 7.56. The molecule has 0 aliphatic carbocycles. The third-order valence-electron chi connectivity index (χ3n) is 3.28. The molecule has 0 aliphatic rings. The predicted octanol–water partition coefficient (Wildman–Crippen LogP) is 2.70. The van der Waals surface area contributed by atoms with Crippen LogP contribution in [0.15, 0.2) is 23.1 Å². The lowest BCUT2D eigenvalue weighted by Gasteiger charge is -2.31. The van der Waals surface area contributed by atoms with E-state index in [-0.39, 0.29) is 28.9 Å². The molecule has 20 heavy (non-hydrogen) atoms. The summed E-state index contributed by atoms with van der Waals surface area (Å²) in [7, 11) is -3.83. The molecule has 0 aliphatic heterocycles. The van der Waals surface area contributed by atoms with Crippen molar-refractivity contribution in [3.05, 3.63) is 29.0 Å². The summed E-state index contributed by atoms with van der Waals surface area (Å²) in [5.41, 5.74) is 4.94. The smallest absolute Gasteiger partial charge is 0.242 e. The summed E-state index contributed by atoms with van der Waals surface area (Å²) < 4.78 is 40.1. The lowest BCUT2D eigenvalue weighted by Crippen LogP contribution is -2.52. The van der Waals surface area contributed by atoms with Crippen LogP contribution in [0.2, 0.25) is 5.02 Å². The highest BCUT2D eigenvalue weighted by molar-refractivity contribution is 7.89. The summed E-state index contributed by atoms with van der Waals surface area (Å²) in [4.78, 5) is -0.143. The summed E-state index contributed by atoms with van der Waals surface area (Å²) in [6, 6.07) is 3.17. The molecule has 4 nitrogen and oxygen atoms in total. The molecule has 0 heterocycles. The van der Waals surface area contributed by atoms with E-state index in [9.17, 15) is 12.8 Å². The fourth-order valence-corrected chi connectivity index (χ4v) is 3.84. The Bertz CT molecular complexity index is 540.